The van der Waals surface area contributed by atoms with Crippen molar-refractivity contribution < 1.29 is 4.79 Å². The van der Waals surface area contributed by atoms with Gasteiger partial charge in [-0.25, -0.2) is 0 Å². The second-order valence-electron chi connectivity index (χ2n) is 8.13. The van der Waals surface area contributed by atoms with Gasteiger partial charge in [-0.2, -0.15) is 0 Å². The summed E-state index contributed by atoms with van der Waals surface area (Å²) in [6.45, 7) is 11.2. The lowest BCUT2D eigenvalue weighted by Crippen LogP contribution is -2.46. The lowest BCUT2D eigenvalue weighted by molar-refractivity contribution is -0.117. The zero-order valence-corrected chi connectivity index (χ0v) is 16.2. The van der Waals surface area contributed by atoms with E-state index >= 15 is 0 Å². The largest absolute Gasteiger partial charge is 0.371 e. The van der Waals surface area contributed by atoms with Crippen molar-refractivity contribution in [3.63, 3.8) is 0 Å². The first-order chi connectivity index (χ1) is 12.0. The van der Waals surface area contributed by atoms with Crippen molar-refractivity contribution in [2.24, 2.45) is 5.92 Å². The van der Waals surface area contributed by atoms with Crippen LogP contribution in [-0.4, -0.2) is 37.1 Å². The number of hydrogen-bond donors (Lipinski definition) is 1. The maximum absolute atomic E-state index is 12.1. The number of nitrogens with zero attached hydrogens (tertiary/aromatic N) is 2. The quantitative estimate of drug-likeness (QED) is 0.883. The molecule has 0 aromatic heterocycles. The molecule has 1 amide bonds. The van der Waals surface area contributed by atoms with Crippen LogP contribution in [0.1, 0.15) is 53.4 Å². The molecule has 0 aliphatic carbocycles. The standard InChI is InChI=1S/C21H33N3O/c1-15(2)17(4)22-18-11-13-23(14-12-18)19-6-8-20(9-7-19)24-16(3)5-10-21(24)25/h6-9,15-18,22H,5,10-14H2,1-4H3. The molecule has 25 heavy (non-hydrogen) atoms. The van der Waals surface area contributed by atoms with Crippen molar-refractivity contribution in [1.82, 2.24) is 5.32 Å². The minimum Gasteiger partial charge on any atom is -0.371 e. The number of carbonyl (C=O) groups is 1. The molecule has 3 rings (SSSR count). The molecule has 2 aliphatic heterocycles. The molecule has 4 heteroatoms. The van der Waals surface area contributed by atoms with Crippen LogP contribution in [0.4, 0.5) is 11.4 Å². The van der Waals surface area contributed by atoms with Crippen molar-refractivity contribution >= 4 is 17.3 Å². The number of piperidine rings is 1. The highest BCUT2D eigenvalue weighted by atomic mass is 16.2. The van der Waals surface area contributed by atoms with Gasteiger partial charge < -0.3 is 15.1 Å². The number of carbonyl (C=O) groups excluding carboxylic acids is 1. The molecule has 2 saturated heterocycles. The molecule has 138 valence electrons. The fraction of sp³-hybridized carbons (Fsp3) is 0.667. The molecule has 2 heterocycles. The molecule has 2 unspecified atom stereocenters. The van der Waals surface area contributed by atoms with Gasteiger partial charge >= 0.3 is 0 Å². The van der Waals surface area contributed by atoms with E-state index in [0.29, 0.717) is 30.5 Å². The summed E-state index contributed by atoms with van der Waals surface area (Å²) in [6.07, 6.45) is 4.04. The zero-order valence-electron chi connectivity index (χ0n) is 16.2. The number of nitrogens with one attached hydrogen (secondary N) is 1. The van der Waals surface area contributed by atoms with Gasteiger partial charge in [0.25, 0.3) is 0 Å². The van der Waals surface area contributed by atoms with Gasteiger partial charge in [-0.05, 0) is 63.3 Å². The minimum atomic E-state index is 0.256. The third-order valence-corrected chi connectivity index (χ3v) is 5.97. The Hall–Kier alpha value is -1.55. The van der Waals surface area contributed by atoms with E-state index in [4.69, 9.17) is 0 Å². The predicted molar refractivity (Wildman–Crippen MR) is 105 cm³/mol. The monoisotopic (exact) mass is 343 g/mol. The number of hydrogen-bond acceptors (Lipinski definition) is 3. The number of amides is 1. The third-order valence-electron chi connectivity index (χ3n) is 5.97. The number of rotatable bonds is 5. The summed E-state index contributed by atoms with van der Waals surface area (Å²) in [5, 5.41) is 3.78. The Kier molecular flexibility index (Phi) is 5.67. The van der Waals surface area contributed by atoms with Gasteiger partial charge in [-0.3, -0.25) is 4.79 Å². The zero-order chi connectivity index (χ0) is 18.0. The molecule has 0 radical (unpaired) electrons. The average molecular weight is 344 g/mol. The van der Waals surface area contributed by atoms with Crippen LogP contribution >= 0.6 is 0 Å². The van der Waals surface area contributed by atoms with Crippen LogP contribution in [-0.2, 0) is 4.79 Å². The van der Waals surface area contributed by atoms with Crippen molar-refractivity contribution in [3.05, 3.63) is 24.3 Å². The van der Waals surface area contributed by atoms with E-state index in [2.05, 4.69) is 62.2 Å². The second kappa shape index (κ2) is 7.77. The van der Waals surface area contributed by atoms with E-state index in [9.17, 15) is 4.79 Å². The van der Waals surface area contributed by atoms with Gasteiger partial charge in [0, 0.05) is 49.0 Å². The Balaban J connectivity index is 1.56. The van der Waals surface area contributed by atoms with Crippen LogP contribution in [0.5, 0.6) is 0 Å². The van der Waals surface area contributed by atoms with E-state index in [1.807, 2.05) is 4.90 Å². The first-order valence-electron chi connectivity index (χ1n) is 9.89. The Morgan fingerprint density at radius 3 is 2.12 bits per heavy atom. The van der Waals surface area contributed by atoms with Crippen molar-refractivity contribution in [3.8, 4) is 0 Å². The number of benzene rings is 1. The van der Waals surface area contributed by atoms with Gasteiger partial charge in [0.05, 0.1) is 0 Å². The van der Waals surface area contributed by atoms with Gasteiger partial charge in [-0.1, -0.05) is 13.8 Å². The molecule has 0 saturated carbocycles. The van der Waals surface area contributed by atoms with E-state index < -0.39 is 0 Å². The smallest absolute Gasteiger partial charge is 0.227 e. The van der Waals surface area contributed by atoms with Crippen LogP contribution in [0.2, 0.25) is 0 Å². The number of anilines is 2. The van der Waals surface area contributed by atoms with Crippen molar-refractivity contribution in [2.75, 3.05) is 22.9 Å². The Morgan fingerprint density at radius 2 is 1.60 bits per heavy atom. The molecule has 1 N–H and O–H groups in total. The van der Waals surface area contributed by atoms with E-state index in [0.717, 1.165) is 25.2 Å². The van der Waals surface area contributed by atoms with E-state index in [1.165, 1.54) is 18.5 Å². The van der Waals surface area contributed by atoms with Crippen LogP contribution in [0.25, 0.3) is 0 Å². The molecule has 0 bridgehead atoms. The average Bonchev–Trinajstić information content (AvgIpc) is 2.94. The van der Waals surface area contributed by atoms with Gasteiger partial charge in [0.2, 0.25) is 5.91 Å². The fourth-order valence-corrected chi connectivity index (χ4v) is 3.92. The summed E-state index contributed by atoms with van der Waals surface area (Å²) in [5.41, 5.74) is 2.32. The molecule has 2 aliphatic rings. The van der Waals surface area contributed by atoms with Gasteiger partial charge in [0.1, 0.15) is 0 Å². The summed E-state index contributed by atoms with van der Waals surface area (Å²) in [4.78, 5) is 16.5. The minimum absolute atomic E-state index is 0.256. The van der Waals surface area contributed by atoms with Gasteiger partial charge in [0.15, 0.2) is 0 Å². The topological polar surface area (TPSA) is 35.6 Å². The van der Waals surface area contributed by atoms with Gasteiger partial charge in [-0.15, -0.1) is 0 Å². The van der Waals surface area contributed by atoms with Crippen molar-refractivity contribution in [1.29, 1.82) is 0 Å². The molecule has 0 spiro atoms. The lowest BCUT2D eigenvalue weighted by atomic mass is 10.00. The van der Waals surface area contributed by atoms with Crippen LogP contribution in [0.3, 0.4) is 0 Å². The lowest BCUT2D eigenvalue weighted by Gasteiger charge is -2.36. The molecule has 2 atom stereocenters. The summed E-state index contributed by atoms with van der Waals surface area (Å²) in [5.74, 6) is 0.938. The molecular weight excluding hydrogens is 310 g/mol. The highest BCUT2D eigenvalue weighted by molar-refractivity contribution is 5.96. The van der Waals surface area contributed by atoms with E-state index in [1.54, 1.807) is 0 Å². The first-order valence-corrected chi connectivity index (χ1v) is 9.89. The SMILES string of the molecule is CC(C)C(C)NC1CCN(c2ccc(N3C(=O)CCC3C)cc2)CC1. The summed E-state index contributed by atoms with van der Waals surface area (Å²) in [6, 6.07) is 10.1. The molecule has 4 nitrogen and oxygen atoms in total. The Bertz CT molecular complexity index is 575. The highest BCUT2D eigenvalue weighted by Crippen LogP contribution is 2.29. The molecule has 1 aromatic rings. The molecule has 1 aromatic carbocycles. The maximum Gasteiger partial charge on any atom is 0.227 e. The molecular formula is C21H33N3O. The summed E-state index contributed by atoms with van der Waals surface area (Å²) >= 11 is 0. The van der Waals surface area contributed by atoms with Crippen molar-refractivity contribution in [2.45, 2.75) is 71.5 Å². The maximum atomic E-state index is 12.1. The van der Waals surface area contributed by atoms with Crippen LogP contribution < -0.4 is 15.1 Å². The summed E-state index contributed by atoms with van der Waals surface area (Å²) in [7, 11) is 0. The fourth-order valence-electron chi connectivity index (χ4n) is 3.92. The highest BCUT2D eigenvalue weighted by Gasteiger charge is 2.29. The molecule has 2 fully saturated rings. The first kappa shape index (κ1) is 18.2. The second-order valence-corrected chi connectivity index (χ2v) is 8.13. The van der Waals surface area contributed by atoms with Crippen LogP contribution in [0.15, 0.2) is 24.3 Å². The Labute approximate surface area is 152 Å². The summed E-state index contributed by atoms with van der Waals surface area (Å²) < 4.78 is 0. The predicted octanol–water partition coefficient (Wildman–Crippen LogP) is 3.80. The van der Waals surface area contributed by atoms with Crippen LogP contribution in [0, 0.1) is 5.92 Å². The Morgan fingerprint density at radius 1 is 1.00 bits per heavy atom. The third kappa shape index (κ3) is 4.17. The normalized spacial score (nSPS) is 23.6. The van der Waals surface area contributed by atoms with E-state index in [-0.39, 0.29) is 5.91 Å².